The third-order valence-electron chi connectivity index (χ3n) is 4.58. The number of anilines is 1. The zero-order valence-electron chi connectivity index (χ0n) is 19.0. The average Bonchev–Trinajstić information content (AvgIpc) is 3.23. The number of benzene rings is 2. The van der Waals surface area contributed by atoms with Crippen LogP contribution in [0.4, 0.5) is 10.1 Å². The van der Waals surface area contributed by atoms with E-state index in [1.54, 1.807) is 34.9 Å². The molecule has 11 heteroatoms. The van der Waals surface area contributed by atoms with E-state index in [1.807, 2.05) is 0 Å². The second-order valence-corrected chi connectivity index (χ2v) is 7.71. The monoisotopic (exact) mass is 488 g/mol. The van der Waals surface area contributed by atoms with E-state index in [1.165, 1.54) is 45.2 Å². The van der Waals surface area contributed by atoms with Crippen molar-refractivity contribution in [1.29, 1.82) is 0 Å². The van der Waals surface area contributed by atoms with Crippen LogP contribution < -0.4 is 24.3 Å². The summed E-state index contributed by atoms with van der Waals surface area (Å²) in [6.45, 7) is 4.16. The minimum Gasteiger partial charge on any atom is -0.493 e. The van der Waals surface area contributed by atoms with Crippen LogP contribution in [0.5, 0.6) is 23.0 Å². The van der Waals surface area contributed by atoms with Crippen LogP contribution in [0.15, 0.2) is 54.2 Å². The maximum Gasteiger partial charge on any atom is 0.234 e. The van der Waals surface area contributed by atoms with Gasteiger partial charge in [0.1, 0.15) is 6.61 Å². The van der Waals surface area contributed by atoms with E-state index >= 15 is 0 Å². The van der Waals surface area contributed by atoms with Crippen LogP contribution >= 0.6 is 11.8 Å². The highest BCUT2D eigenvalue weighted by atomic mass is 32.2. The van der Waals surface area contributed by atoms with E-state index in [4.69, 9.17) is 18.9 Å². The zero-order chi connectivity index (χ0) is 24.5. The van der Waals surface area contributed by atoms with Crippen molar-refractivity contribution in [2.24, 2.45) is 0 Å². The number of methoxy groups -OCH3 is 3. The molecule has 0 bridgehead atoms. The molecule has 34 heavy (non-hydrogen) atoms. The summed E-state index contributed by atoms with van der Waals surface area (Å²) in [7, 11) is 4.50. The number of carbonyl (C=O) groups is 1. The number of hydrogen-bond donors (Lipinski definition) is 1. The lowest BCUT2D eigenvalue weighted by Gasteiger charge is -2.14. The lowest BCUT2D eigenvalue weighted by Crippen LogP contribution is -2.15. The Hall–Kier alpha value is -3.73. The summed E-state index contributed by atoms with van der Waals surface area (Å²) in [4.78, 5) is 12.6. The molecule has 0 aliphatic heterocycles. The van der Waals surface area contributed by atoms with Gasteiger partial charge in [-0.15, -0.1) is 16.8 Å². The van der Waals surface area contributed by atoms with Gasteiger partial charge < -0.3 is 24.3 Å². The van der Waals surface area contributed by atoms with Gasteiger partial charge in [0, 0.05) is 24.4 Å². The van der Waals surface area contributed by atoms with Crippen molar-refractivity contribution in [2.75, 3.05) is 32.4 Å². The quantitative estimate of drug-likeness (QED) is 0.303. The third kappa shape index (κ3) is 5.98. The number of para-hydroxylation sites is 1. The van der Waals surface area contributed by atoms with Crippen LogP contribution in [0, 0.1) is 5.82 Å². The van der Waals surface area contributed by atoms with Gasteiger partial charge in [0.25, 0.3) is 0 Å². The Morgan fingerprint density at radius 3 is 2.44 bits per heavy atom. The second-order valence-electron chi connectivity index (χ2n) is 6.77. The Bertz CT molecular complexity index is 1130. The van der Waals surface area contributed by atoms with Gasteiger partial charge in [-0.1, -0.05) is 30.0 Å². The van der Waals surface area contributed by atoms with Gasteiger partial charge >= 0.3 is 0 Å². The molecule has 0 unspecified atom stereocenters. The highest BCUT2D eigenvalue weighted by Crippen LogP contribution is 2.40. The van der Waals surface area contributed by atoms with Crippen LogP contribution in [-0.4, -0.2) is 47.8 Å². The standard InChI is InChI=1S/C23H25FN4O5S/c1-5-10-28-20(13-33-17-9-7-6-8-16(17)24)26-27-23(28)34-14-21(29)25-15-11-18(30-2)22(32-4)19(12-15)31-3/h5-9,11-12H,1,10,13-14H2,2-4H3,(H,25,29). The first kappa shape index (κ1) is 24.9. The van der Waals surface area contributed by atoms with E-state index in [0.717, 1.165) is 0 Å². The first-order valence-corrected chi connectivity index (χ1v) is 11.1. The van der Waals surface area contributed by atoms with Crippen molar-refractivity contribution in [3.63, 3.8) is 0 Å². The number of aromatic nitrogens is 3. The number of nitrogens with zero attached hydrogens (tertiary/aromatic N) is 3. The topological polar surface area (TPSA) is 96.7 Å². The molecular formula is C23H25FN4O5S. The van der Waals surface area contributed by atoms with Crippen molar-refractivity contribution < 1.29 is 28.1 Å². The van der Waals surface area contributed by atoms with Crippen molar-refractivity contribution in [3.05, 3.63) is 60.7 Å². The molecule has 1 aromatic heterocycles. The van der Waals surface area contributed by atoms with E-state index in [-0.39, 0.29) is 24.0 Å². The lowest BCUT2D eigenvalue weighted by molar-refractivity contribution is -0.113. The first-order chi connectivity index (χ1) is 16.5. The van der Waals surface area contributed by atoms with Gasteiger partial charge in [-0.2, -0.15) is 0 Å². The molecule has 0 aliphatic rings. The molecule has 0 radical (unpaired) electrons. The Balaban J connectivity index is 1.66. The molecule has 0 atom stereocenters. The molecule has 0 fully saturated rings. The minimum absolute atomic E-state index is 0.0139. The maximum atomic E-state index is 13.8. The minimum atomic E-state index is -0.463. The van der Waals surface area contributed by atoms with Crippen molar-refractivity contribution >= 4 is 23.4 Å². The van der Waals surface area contributed by atoms with E-state index in [2.05, 4.69) is 22.1 Å². The summed E-state index contributed by atoms with van der Waals surface area (Å²) in [6.07, 6.45) is 1.68. The number of allylic oxidation sites excluding steroid dienone is 1. The van der Waals surface area contributed by atoms with Crippen LogP contribution in [0.3, 0.4) is 0 Å². The predicted octanol–water partition coefficient (Wildman–Crippen LogP) is 3.94. The summed E-state index contributed by atoms with van der Waals surface area (Å²) < 4.78 is 37.0. The number of thioether (sulfide) groups is 1. The molecule has 0 spiro atoms. The predicted molar refractivity (Wildman–Crippen MR) is 126 cm³/mol. The molecule has 3 aromatic rings. The Kier molecular flexibility index (Phi) is 8.74. The highest BCUT2D eigenvalue weighted by Gasteiger charge is 2.17. The number of carbonyl (C=O) groups excluding carboxylic acids is 1. The molecule has 1 heterocycles. The summed E-state index contributed by atoms with van der Waals surface area (Å²) in [6, 6.07) is 9.40. The third-order valence-corrected chi connectivity index (χ3v) is 5.55. The number of amides is 1. The summed E-state index contributed by atoms with van der Waals surface area (Å²) in [5.41, 5.74) is 0.492. The fourth-order valence-corrected chi connectivity index (χ4v) is 3.80. The van der Waals surface area contributed by atoms with Gasteiger partial charge in [-0.25, -0.2) is 4.39 Å². The summed E-state index contributed by atoms with van der Waals surface area (Å²) >= 11 is 1.20. The summed E-state index contributed by atoms with van der Waals surface area (Å²) in [5, 5.41) is 11.6. The van der Waals surface area contributed by atoms with Crippen molar-refractivity contribution in [1.82, 2.24) is 14.8 Å². The van der Waals surface area contributed by atoms with Crippen LogP contribution in [-0.2, 0) is 17.9 Å². The number of rotatable bonds is 12. The molecule has 3 rings (SSSR count). The number of hydrogen-bond acceptors (Lipinski definition) is 8. The molecule has 1 amide bonds. The fourth-order valence-electron chi connectivity index (χ4n) is 3.03. The molecule has 2 aromatic carbocycles. The van der Waals surface area contributed by atoms with Crippen LogP contribution in [0.1, 0.15) is 5.82 Å². The molecular weight excluding hydrogens is 463 g/mol. The number of ether oxygens (including phenoxy) is 4. The van der Waals surface area contributed by atoms with Gasteiger partial charge in [-0.05, 0) is 12.1 Å². The fraction of sp³-hybridized carbons (Fsp3) is 0.261. The van der Waals surface area contributed by atoms with Gasteiger partial charge in [0.2, 0.25) is 11.7 Å². The molecule has 180 valence electrons. The van der Waals surface area contributed by atoms with Gasteiger partial charge in [0.15, 0.2) is 34.0 Å². The number of halogens is 1. The van der Waals surface area contributed by atoms with Crippen molar-refractivity contribution in [3.8, 4) is 23.0 Å². The average molecular weight is 489 g/mol. The SMILES string of the molecule is C=CCn1c(COc2ccccc2F)nnc1SCC(=O)Nc1cc(OC)c(OC)c(OC)c1. The van der Waals surface area contributed by atoms with Gasteiger partial charge in [0.05, 0.1) is 27.1 Å². The smallest absolute Gasteiger partial charge is 0.234 e. The van der Waals surface area contributed by atoms with Crippen LogP contribution in [0.25, 0.3) is 0 Å². The number of nitrogens with one attached hydrogen (secondary N) is 1. The largest absolute Gasteiger partial charge is 0.493 e. The zero-order valence-corrected chi connectivity index (χ0v) is 19.9. The van der Waals surface area contributed by atoms with E-state index in [0.29, 0.717) is 40.5 Å². The Labute approximate surface area is 200 Å². The van der Waals surface area contributed by atoms with Crippen molar-refractivity contribution in [2.45, 2.75) is 18.3 Å². The van der Waals surface area contributed by atoms with E-state index < -0.39 is 5.82 Å². The molecule has 1 N–H and O–H groups in total. The van der Waals surface area contributed by atoms with Crippen LogP contribution in [0.2, 0.25) is 0 Å². The maximum absolute atomic E-state index is 13.8. The second kappa shape index (κ2) is 11.9. The molecule has 0 saturated carbocycles. The highest BCUT2D eigenvalue weighted by molar-refractivity contribution is 7.99. The van der Waals surface area contributed by atoms with E-state index in [9.17, 15) is 9.18 Å². The Morgan fingerprint density at radius 1 is 1.12 bits per heavy atom. The Morgan fingerprint density at radius 2 is 1.82 bits per heavy atom. The molecule has 9 nitrogen and oxygen atoms in total. The first-order valence-electron chi connectivity index (χ1n) is 10.1. The molecule has 0 saturated heterocycles. The normalized spacial score (nSPS) is 10.5. The lowest BCUT2D eigenvalue weighted by atomic mass is 10.2. The molecule has 0 aliphatic carbocycles. The summed E-state index contributed by atoms with van der Waals surface area (Å²) in [5.74, 6) is 1.22. The van der Waals surface area contributed by atoms with Gasteiger partial charge in [-0.3, -0.25) is 9.36 Å².